The summed E-state index contributed by atoms with van der Waals surface area (Å²) in [6.45, 7) is 0. The molecule has 2 aliphatic carbocycles. The van der Waals surface area contributed by atoms with Crippen LogP contribution < -0.4 is 0 Å². The molecule has 0 unspecified atom stereocenters. The first kappa shape index (κ1) is 15.7. The van der Waals surface area contributed by atoms with E-state index in [9.17, 15) is 0 Å². The third-order valence-electron chi connectivity index (χ3n) is 7.34. The molecule has 0 spiro atoms. The number of hydrogen-bond donors (Lipinski definition) is 0. The number of para-hydroxylation sites is 1. The van der Waals surface area contributed by atoms with Crippen LogP contribution in [0.2, 0.25) is 0 Å². The van der Waals surface area contributed by atoms with E-state index in [0.717, 1.165) is 0 Å². The van der Waals surface area contributed by atoms with E-state index >= 15 is 0 Å². The second-order valence-corrected chi connectivity index (χ2v) is 9.98. The maximum atomic E-state index is 2.48. The molecule has 0 saturated carbocycles. The van der Waals surface area contributed by atoms with Crippen LogP contribution in [0.5, 0.6) is 0 Å². The third-order valence-corrected chi connectivity index (χ3v) is 8.46. The van der Waals surface area contributed by atoms with Gasteiger partial charge in [-0.3, -0.25) is 0 Å². The fourth-order valence-electron chi connectivity index (χ4n) is 5.52. The van der Waals surface area contributed by atoms with Crippen molar-refractivity contribution in [1.29, 1.82) is 0 Å². The summed E-state index contributed by atoms with van der Waals surface area (Å²) < 4.78 is 5.33. The van der Waals surface area contributed by atoms with Crippen LogP contribution in [0, 0.1) is 0 Å². The Bertz CT molecular complexity index is 1680. The highest BCUT2D eigenvalue weighted by Gasteiger charge is 2.21. The maximum Gasteiger partial charge on any atom is 0.0548 e. The number of thiophene rings is 1. The van der Waals surface area contributed by atoms with Crippen molar-refractivity contribution in [2.24, 2.45) is 0 Å². The molecule has 6 aromatic rings. The number of benzene rings is 4. The highest BCUT2D eigenvalue weighted by atomic mass is 32.1. The van der Waals surface area contributed by atoms with Gasteiger partial charge in [-0.2, -0.15) is 0 Å². The lowest BCUT2D eigenvalue weighted by atomic mass is 9.87. The first-order valence-corrected chi connectivity index (χ1v) is 11.7. The second kappa shape index (κ2) is 5.33. The van der Waals surface area contributed by atoms with Gasteiger partial charge in [0, 0.05) is 36.6 Å². The van der Waals surface area contributed by atoms with Gasteiger partial charge >= 0.3 is 0 Å². The summed E-state index contributed by atoms with van der Waals surface area (Å²) in [4.78, 5) is 0. The van der Waals surface area contributed by atoms with Crippen molar-refractivity contribution in [3.05, 3.63) is 89.0 Å². The van der Waals surface area contributed by atoms with Crippen LogP contribution in [0.3, 0.4) is 0 Å². The fraction of sp³-hybridized carbons (Fsp3) is 0.143. The van der Waals surface area contributed by atoms with Crippen LogP contribution in [0.4, 0.5) is 0 Å². The van der Waals surface area contributed by atoms with E-state index in [1.807, 2.05) is 11.3 Å². The number of aryl methyl sites for hydroxylation is 4. The van der Waals surface area contributed by atoms with Gasteiger partial charge in [0.15, 0.2) is 0 Å². The number of hydrogen-bond acceptors (Lipinski definition) is 1. The highest BCUT2D eigenvalue weighted by molar-refractivity contribution is 7.25. The Morgan fingerprint density at radius 2 is 1.10 bits per heavy atom. The Hall–Kier alpha value is -3.10. The van der Waals surface area contributed by atoms with E-state index in [-0.39, 0.29) is 0 Å². The zero-order valence-corrected chi connectivity index (χ0v) is 17.4. The van der Waals surface area contributed by atoms with E-state index in [4.69, 9.17) is 0 Å². The van der Waals surface area contributed by atoms with Crippen LogP contribution in [-0.2, 0) is 25.7 Å². The quantitative estimate of drug-likeness (QED) is 0.271. The monoisotopic (exact) mass is 401 g/mol. The molecular weight excluding hydrogens is 382 g/mol. The van der Waals surface area contributed by atoms with E-state index in [1.165, 1.54) is 84.5 Å². The molecule has 2 aliphatic rings. The molecule has 8 rings (SSSR count). The fourth-order valence-corrected chi connectivity index (χ4v) is 6.69. The van der Waals surface area contributed by atoms with E-state index in [0.29, 0.717) is 0 Å². The third kappa shape index (κ3) is 1.88. The first-order valence-electron chi connectivity index (χ1n) is 10.9. The van der Waals surface area contributed by atoms with Gasteiger partial charge in [-0.05, 0) is 96.5 Å². The topological polar surface area (TPSA) is 4.93 Å². The van der Waals surface area contributed by atoms with Gasteiger partial charge in [0.2, 0.25) is 0 Å². The van der Waals surface area contributed by atoms with Crippen molar-refractivity contribution >= 4 is 53.3 Å². The van der Waals surface area contributed by atoms with Gasteiger partial charge in [0.1, 0.15) is 0 Å². The predicted octanol–water partition coefficient (Wildman–Crippen LogP) is 7.35. The molecule has 0 amide bonds. The lowest BCUT2D eigenvalue weighted by molar-refractivity contribution is 0.843. The molecule has 0 N–H and O–H groups in total. The van der Waals surface area contributed by atoms with E-state index in [1.54, 1.807) is 11.1 Å². The van der Waals surface area contributed by atoms with Gasteiger partial charge in [-0.25, -0.2) is 0 Å². The molecule has 2 heteroatoms. The summed E-state index contributed by atoms with van der Waals surface area (Å²) in [7, 11) is 0. The Labute approximate surface area is 178 Å². The summed E-state index contributed by atoms with van der Waals surface area (Å²) in [5.74, 6) is 0. The van der Waals surface area contributed by atoms with Crippen molar-refractivity contribution in [3.8, 4) is 5.69 Å². The predicted molar refractivity (Wildman–Crippen MR) is 128 cm³/mol. The van der Waals surface area contributed by atoms with Crippen LogP contribution >= 0.6 is 11.3 Å². The summed E-state index contributed by atoms with van der Waals surface area (Å²) in [6, 6.07) is 25.6. The first-order chi connectivity index (χ1) is 14.8. The molecule has 30 heavy (non-hydrogen) atoms. The van der Waals surface area contributed by atoms with Crippen molar-refractivity contribution in [3.63, 3.8) is 0 Å². The zero-order valence-electron chi connectivity index (χ0n) is 16.5. The Morgan fingerprint density at radius 3 is 1.87 bits per heavy atom. The maximum absolute atomic E-state index is 2.48. The summed E-state index contributed by atoms with van der Waals surface area (Å²) >= 11 is 1.96. The van der Waals surface area contributed by atoms with Crippen LogP contribution in [0.25, 0.3) is 47.7 Å². The van der Waals surface area contributed by atoms with Gasteiger partial charge < -0.3 is 4.57 Å². The lowest BCUT2D eigenvalue weighted by Gasteiger charge is -2.19. The molecule has 0 saturated heterocycles. The van der Waals surface area contributed by atoms with Gasteiger partial charge in [0.05, 0.1) is 11.0 Å². The molecule has 2 heterocycles. The van der Waals surface area contributed by atoms with Crippen molar-refractivity contribution in [2.75, 3.05) is 0 Å². The Morgan fingerprint density at radius 1 is 0.533 bits per heavy atom. The number of fused-ring (bicyclic) bond motifs is 8. The standard InChI is InChI=1S/C28H19NS/c1-2-4-20(5-3-1)29-25-12-18-8-6-16(18)10-21(25)22-15-28-24(14-26(22)29)23-11-17-7-9-19(17)13-27(23)30-28/h1-5,10-15H,6-9H2. The molecular formula is C28H19NS. The van der Waals surface area contributed by atoms with Crippen molar-refractivity contribution in [2.45, 2.75) is 25.7 Å². The number of nitrogens with zero attached hydrogens (tertiary/aromatic N) is 1. The van der Waals surface area contributed by atoms with Crippen LogP contribution in [-0.4, -0.2) is 4.57 Å². The average molecular weight is 402 g/mol. The molecule has 0 radical (unpaired) electrons. The molecule has 142 valence electrons. The molecule has 0 bridgehead atoms. The summed E-state index contributed by atoms with van der Waals surface area (Å²) in [6.07, 6.45) is 4.92. The Kier molecular flexibility index (Phi) is 2.79. The zero-order chi connectivity index (χ0) is 19.4. The smallest absolute Gasteiger partial charge is 0.0548 e. The van der Waals surface area contributed by atoms with Crippen molar-refractivity contribution < 1.29 is 0 Å². The van der Waals surface area contributed by atoms with Crippen LogP contribution in [0.15, 0.2) is 66.7 Å². The molecule has 1 nitrogen and oxygen atoms in total. The number of aromatic nitrogens is 1. The Balaban J connectivity index is 1.57. The average Bonchev–Trinajstić information content (AvgIpc) is 3.23. The molecule has 0 atom stereocenters. The highest BCUT2D eigenvalue weighted by Crippen LogP contribution is 2.43. The van der Waals surface area contributed by atoms with Gasteiger partial charge in [-0.1, -0.05) is 18.2 Å². The second-order valence-electron chi connectivity index (χ2n) is 8.89. The minimum Gasteiger partial charge on any atom is -0.309 e. The van der Waals surface area contributed by atoms with Crippen LogP contribution in [0.1, 0.15) is 22.3 Å². The summed E-state index contributed by atoms with van der Waals surface area (Å²) in [5.41, 5.74) is 10.1. The van der Waals surface area contributed by atoms with Crippen molar-refractivity contribution in [1.82, 2.24) is 4.57 Å². The molecule has 0 aliphatic heterocycles. The molecule has 0 fully saturated rings. The lowest BCUT2D eigenvalue weighted by Crippen LogP contribution is -2.07. The van der Waals surface area contributed by atoms with Gasteiger partial charge in [0.25, 0.3) is 0 Å². The largest absolute Gasteiger partial charge is 0.309 e. The number of rotatable bonds is 1. The summed E-state index contributed by atoms with van der Waals surface area (Å²) in [5, 5.41) is 5.63. The van der Waals surface area contributed by atoms with E-state index in [2.05, 4.69) is 71.3 Å². The minimum absolute atomic E-state index is 1.21. The van der Waals surface area contributed by atoms with E-state index < -0.39 is 0 Å². The molecule has 2 aromatic heterocycles. The SMILES string of the molecule is c1ccc(-n2c3cc4c(cc3c3cc5sc6cc7c(cc6c5cc32)CC7)CC4)cc1. The van der Waals surface area contributed by atoms with Gasteiger partial charge in [-0.15, -0.1) is 11.3 Å². The minimum atomic E-state index is 1.21. The normalized spacial score (nSPS) is 14.8. The molecule has 4 aromatic carbocycles.